The van der Waals surface area contributed by atoms with Crippen LogP contribution < -0.4 is 0 Å². The summed E-state index contributed by atoms with van der Waals surface area (Å²) in [4.78, 5) is 18.8. The SMILES string of the molecule is COC(=O)c1cccn2cc(CN3CCOCC3(C)C)nc12. The van der Waals surface area contributed by atoms with E-state index in [1.807, 2.05) is 22.9 Å². The molecule has 0 saturated carbocycles. The predicted octanol–water partition coefficient (Wildman–Crippen LogP) is 1.73. The number of aromatic nitrogens is 2. The van der Waals surface area contributed by atoms with E-state index in [0.717, 1.165) is 25.4 Å². The van der Waals surface area contributed by atoms with Gasteiger partial charge in [0.15, 0.2) is 5.65 Å². The number of ether oxygens (including phenoxy) is 2. The molecule has 0 atom stereocenters. The molecule has 2 aromatic rings. The minimum Gasteiger partial charge on any atom is -0.465 e. The number of imidazole rings is 1. The Hall–Kier alpha value is -1.92. The number of rotatable bonds is 3. The van der Waals surface area contributed by atoms with Gasteiger partial charge in [0.1, 0.15) is 5.56 Å². The molecule has 0 aliphatic carbocycles. The zero-order valence-electron chi connectivity index (χ0n) is 13.2. The highest BCUT2D eigenvalue weighted by Gasteiger charge is 2.31. The minimum atomic E-state index is -0.366. The lowest BCUT2D eigenvalue weighted by atomic mass is 10.0. The highest BCUT2D eigenvalue weighted by Crippen LogP contribution is 2.22. The van der Waals surface area contributed by atoms with E-state index in [0.29, 0.717) is 17.8 Å². The van der Waals surface area contributed by atoms with Crippen molar-refractivity contribution in [3.05, 3.63) is 35.8 Å². The molecule has 1 aliphatic rings. The summed E-state index contributed by atoms with van der Waals surface area (Å²) in [5.41, 5.74) is 2.04. The molecule has 118 valence electrons. The van der Waals surface area contributed by atoms with Crippen LogP contribution in [0.25, 0.3) is 5.65 Å². The third-order valence-electron chi connectivity index (χ3n) is 4.11. The molecule has 0 amide bonds. The van der Waals surface area contributed by atoms with E-state index in [4.69, 9.17) is 9.47 Å². The van der Waals surface area contributed by atoms with Crippen LogP contribution in [0.4, 0.5) is 0 Å². The van der Waals surface area contributed by atoms with Crippen LogP contribution >= 0.6 is 0 Å². The lowest BCUT2D eigenvalue weighted by Crippen LogP contribution is -2.52. The maximum atomic E-state index is 11.8. The lowest BCUT2D eigenvalue weighted by Gasteiger charge is -2.41. The second kappa shape index (κ2) is 5.70. The Morgan fingerprint density at radius 3 is 3.05 bits per heavy atom. The highest BCUT2D eigenvalue weighted by molar-refractivity contribution is 5.95. The molecular weight excluding hydrogens is 282 g/mol. The van der Waals surface area contributed by atoms with E-state index in [1.165, 1.54) is 7.11 Å². The Labute approximate surface area is 129 Å². The lowest BCUT2D eigenvalue weighted by molar-refractivity contribution is -0.0557. The fraction of sp³-hybridized carbons (Fsp3) is 0.500. The van der Waals surface area contributed by atoms with Gasteiger partial charge >= 0.3 is 5.97 Å². The molecule has 0 spiro atoms. The fourth-order valence-corrected chi connectivity index (χ4v) is 2.79. The van der Waals surface area contributed by atoms with Crippen molar-refractivity contribution in [1.29, 1.82) is 0 Å². The number of hydrogen-bond acceptors (Lipinski definition) is 5. The van der Waals surface area contributed by atoms with Gasteiger partial charge in [-0.25, -0.2) is 9.78 Å². The first-order valence-electron chi connectivity index (χ1n) is 7.39. The summed E-state index contributed by atoms with van der Waals surface area (Å²) < 4.78 is 12.2. The maximum Gasteiger partial charge on any atom is 0.341 e. The van der Waals surface area contributed by atoms with Crippen molar-refractivity contribution in [2.75, 3.05) is 26.9 Å². The summed E-state index contributed by atoms with van der Waals surface area (Å²) in [6.45, 7) is 7.41. The van der Waals surface area contributed by atoms with Crippen molar-refractivity contribution in [3.8, 4) is 0 Å². The number of pyridine rings is 1. The van der Waals surface area contributed by atoms with Crippen molar-refractivity contribution >= 4 is 11.6 Å². The van der Waals surface area contributed by atoms with Gasteiger partial charge in [-0.15, -0.1) is 0 Å². The van der Waals surface area contributed by atoms with E-state index in [-0.39, 0.29) is 11.5 Å². The highest BCUT2D eigenvalue weighted by atomic mass is 16.5. The Morgan fingerprint density at radius 1 is 1.50 bits per heavy atom. The molecule has 1 aliphatic heterocycles. The van der Waals surface area contributed by atoms with Crippen molar-refractivity contribution in [3.63, 3.8) is 0 Å². The summed E-state index contributed by atoms with van der Waals surface area (Å²) in [7, 11) is 1.38. The number of fused-ring (bicyclic) bond motifs is 1. The molecule has 2 aromatic heterocycles. The summed E-state index contributed by atoms with van der Waals surface area (Å²) in [5.74, 6) is -0.366. The summed E-state index contributed by atoms with van der Waals surface area (Å²) in [6.07, 6.45) is 3.86. The van der Waals surface area contributed by atoms with Gasteiger partial charge in [-0.2, -0.15) is 0 Å². The molecule has 6 nitrogen and oxygen atoms in total. The largest absolute Gasteiger partial charge is 0.465 e. The molecule has 1 fully saturated rings. The zero-order chi connectivity index (χ0) is 15.7. The van der Waals surface area contributed by atoms with Gasteiger partial charge in [0.05, 0.1) is 26.0 Å². The first-order valence-corrected chi connectivity index (χ1v) is 7.39. The number of carbonyl (C=O) groups is 1. The van der Waals surface area contributed by atoms with Gasteiger partial charge in [0.25, 0.3) is 0 Å². The topological polar surface area (TPSA) is 56.1 Å². The second-order valence-corrected chi connectivity index (χ2v) is 6.16. The molecule has 0 radical (unpaired) electrons. The Bertz CT molecular complexity index is 693. The molecule has 22 heavy (non-hydrogen) atoms. The van der Waals surface area contributed by atoms with Gasteiger partial charge < -0.3 is 13.9 Å². The van der Waals surface area contributed by atoms with Gasteiger partial charge in [0.2, 0.25) is 0 Å². The third-order valence-corrected chi connectivity index (χ3v) is 4.11. The number of hydrogen-bond donors (Lipinski definition) is 0. The maximum absolute atomic E-state index is 11.8. The number of morpholine rings is 1. The van der Waals surface area contributed by atoms with Crippen molar-refractivity contribution in [1.82, 2.24) is 14.3 Å². The quantitative estimate of drug-likeness (QED) is 0.808. The van der Waals surface area contributed by atoms with E-state index < -0.39 is 0 Å². The molecule has 1 saturated heterocycles. The monoisotopic (exact) mass is 303 g/mol. The number of esters is 1. The van der Waals surface area contributed by atoms with E-state index in [9.17, 15) is 4.79 Å². The smallest absolute Gasteiger partial charge is 0.341 e. The van der Waals surface area contributed by atoms with Crippen LogP contribution in [-0.4, -0.2) is 52.7 Å². The molecule has 0 aromatic carbocycles. The van der Waals surface area contributed by atoms with Gasteiger partial charge in [-0.05, 0) is 26.0 Å². The van der Waals surface area contributed by atoms with E-state index >= 15 is 0 Å². The summed E-state index contributed by atoms with van der Waals surface area (Å²) in [6, 6.07) is 3.56. The van der Waals surface area contributed by atoms with Crippen LogP contribution in [0.2, 0.25) is 0 Å². The Morgan fingerprint density at radius 2 is 2.32 bits per heavy atom. The zero-order valence-corrected chi connectivity index (χ0v) is 13.2. The molecule has 3 heterocycles. The van der Waals surface area contributed by atoms with Crippen LogP contribution in [0.3, 0.4) is 0 Å². The molecule has 3 rings (SSSR count). The predicted molar refractivity (Wildman–Crippen MR) is 81.8 cm³/mol. The second-order valence-electron chi connectivity index (χ2n) is 6.16. The van der Waals surface area contributed by atoms with Crippen LogP contribution in [0.5, 0.6) is 0 Å². The van der Waals surface area contributed by atoms with Crippen LogP contribution in [0.1, 0.15) is 29.9 Å². The van der Waals surface area contributed by atoms with Crippen molar-refractivity contribution < 1.29 is 14.3 Å². The van der Waals surface area contributed by atoms with Crippen LogP contribution in [0.15, 0.2) is 24.5 Å². The average Bonchev–Trinajstić information content (AvgIpc) is 2.91. The summed E-state index contributed by atoms with van der Waals surface area (Å²) in [5, 5.41) is 0. The van der Waals surface area contributed by atoms with E-state index in [2.05, 4.69) is 23.7 Å². The van der Waals surface area contributed by atoms with Crippen LogP contribution in [-0.2, 0) is 16.0 Å². The molecule has 0 unspecified atom stereocenters. The van der Waals surface area contributed by atoms with E-state index in [1.54, 1.807) is 6.07 Å². The number of nitrogens with zero attached hydrogens (tertiary/aromatic N) is 3. The summed E-state index contributed by atoms with van der Waals surface area (Å²) >= 11 is 0. The first kappa shape index (κ1) is 15.0. The standard InChI is InChI=1S/C16H21N3O3/c1-16(2)11-22-8-7-19(16)10-12-9-18-6-4-5-13(14(18)17-12)15(20)21-3/h4-6,9H,7-8,10-11H2,1-3H3. The van der Waals surface area contributed by atoms with Crippen molar-refractivity contribution in [2.45, 2.75) is 25.9 Å². The fourth-order valence-electron chi connectivity index (χ4n) is 2.79. The normalized spacial score (nSPS) is 18.5. The number of methoxy groups -OCH3 is 1. The molecule has 0 N–H and O–H groups in total. The van der Waals surface area contributed by atoms with Crippen molar-refractivity contribution in [2.24, 2.45) is 0 Å². The molecule has 6 heteroatoms. The number of carbonyl (C=O) groups excluding carboxylic acids is 1. The average molecular weight is 303 g/mol. The molecule has 0 bridgehead atoms. The van der Waals surface area contributed by atoms with Gasteiger partial charge in [-0.3, -0.25) is 4.90 Å². The van der Waals surface area contributed by atoms with Crippen LogP contribution in [0, 0.1) is 0 Å². The Kier molecular flexibility index (Phi) is 3.88. The minimum absolute atomic E-state index is 0.0147. The van der Waals surface area contributed by atoms with Gasteiger partial charge in [0, 0.05) is 31.0 Å². The van der Waals surface area contributed by atoms with Gasteiger partial charge in [-0.1, -0.05) is 0 Å². The molecular formula is C16H21N3O3. The third kappa shape index (κ3) is 2.71. The first-order chi connectivity index (χ1) is 10.5. The Balaban J connectivity index is 1.91.